The normalized spacial score (nSPS) is 12.6. The standard InChI is InChI=1S/C11H17ClN2O4S2/c1-7(2)6-13(8(3)4)20(17,18)10-5-9(14(15)16)11(12)19-10/h5,7-8H,6H2,1-4H3. The fourth-order valence-corrected chi connectivity index (χ4v) is 5.25. The molecule has 0 unspecified atom stereocenters. The second-order valence-corrected chi connectivity index (χ2v) is 8.82. The van der Waals surface area contributed by atoms with Gasteiger partial charge < -0.3 is 0 Å². The van der Waals surface area contributed by atoms with E-state index in [0.717, 1.165) is 6.07 Å². The summed E-state index contributed by atoms with van der Waals surface area (Å²) in [6.07, 6.45) is 0. The van der Waals surface area contributed by atoms with E-state index in [4.69, 9.17) is 11.6 Å². The molecule has 0 amide bonds. The van der Waals surface area contributed by atoms with Gasteiger partial charge in [-0.1, -0.05) is 25.4 Å². The zero-order valence-corrected chi connectivity index (χ0v) is 14.0. The van der Waals surface area contributed by atoms with Crippen molar-refractivity contribution in [2.45, 2.75) is 37.9 Å². The molecule has 6 nitrogen and oxygen atoms in total. The van der Waals surface area contributed by atoms with Crippen LogP contribution in [0.25, 0.3) is 0 Å². The fourth-order valence-electron chi connectivity index (χ4n) is 1.65. The number of sulfonamides is 1. The number of nitrogens with zero attached hydrogens (tertiary/aromatic N) is 2. The van der Waals surface area contributed by atoms with E-state index in [1.807, 2.05) is 13.8 Å². The lowest BCUT2D eigenvalue weighted by Crippen LogP contribution is -2.39. The van der Waals surface area contributed by atoms with Crippen LogP contribution in [0.5, 0.6) is 0 Å². The Kier molecular flexibility index (Phi) is 5.54. The van der Waals surface area contributed by atoms with Crippen molar-refractivity contribution >= 4 is 38.6 Å². The summed E-state index contributed by atoms with van der Waals surface area (Å²) in [5.74, 6) is 0.151. The molecule has 1 heterocycles. The Hall–Kier alpha value is -0.700. The lowest BCUT2D eigenvalue weighted by Gasteiger charge is -2.26. The minimum atomic E-state index is -3.77. The zero-order valence-electron chi connectivity index (χ0n) is 11.7. The van der Waals surface area contributed by atoms with Crippen LogP contribution >= 0.6 is 22.9 Å². The van der Waals surface area contributed by atoms with Crippen LogP contribution in [-0.4, -0.2) is 30.2 Å². The third-order valence-electron chi connectivity index (χ3n) is 2.53. The van der Waals surface area contributed by atoms with E-state index in [9.17, 15) is 18.5 Å². The molecule has 0 aliphatic rings. The molecule has 114 valence electrons. The third-order valence-corrected chi connectivity index (χ3v) is 6.36. The number of halogens is 1. The van der Waals surface area contributed by atoms with Gasteiger partial charge in [-0.25, -0.2) is 8.42 Å². The van der Waals surface area contributed by atoms with Gasteiger partial charge in [0.05, 0.1) is 4.92 Å². The molecule has 1 aromatic heterocycles. The Bertz CT molecular complexity index is 596. The van der Waals surface area contributed by atoms with Gasteiger partial charge >= 0.3 is 0 Å². The smallest absolute Gasteiger partial charge is 0.258 e. The van der Waals surface area contributed by atoms with Gasteiger partial charge in [-0.2, -0.15) is 4.31 Å². The molecule has 1 rings (SSSR count). The molecule has 0 saturated heterocycles. The number of thiophene rings is 1. The molecule has 0 fully saturated rings. The van der Waals surface area contributed by atoms with Crippen molar-refractivity contribution < 1.29 is 13.3 Å². The molecule has 0 aromatic carbocycles. The molecule has 0 radical (unpaired) electrons. The van der Waals surface area contributed by atoms with Crippen molar-refractivity contribution in [3.05, 3.63) is 20.5 Å². The number of rotatable bonds is 6. The van der Waals surface area contributed by atoms with Crippen molar-refractivity contribution in [2.24, 2.45) is 5.92 Å². The quantitative estimate of drug-likeness (QED) is 0.587. The molecule has 0 bridgehead atoms. The molecule has 9 heteroatoms. The Morgan fingerprint density at radius 1 is 1.40 bits per heavy atom. The molecule has 0 aliphatic heterocycles. The maximum Gasteiger partial charge on any atom is 0.300 e. The van der Waals surface area contributed by atoms with Crippen molar-refractivity contribution in [3.8, 4) is 0 Å². The third kappa shape index (κ3) is 3.69. The largest absolute Gasteiger partial charge is 0.300 e. The number of hydrogen-bond donors (Lipinski definition) is 0. The van der Waals surface area contributed by atoms with Crippen LogP contribution in [0.15, 0.2) is 10.3 Å². The van der Waals surface area contributed by atoms with E-state index >= 15 is 0 Å². The van der Waals surface area contributed by atoms with E-state index in [0.29, 0.717) is 17.9 Å². The van der Waals surface area contributed by atoms with Crippen LogP contribution in [0.3, 0.4) is 0 Å². The van der Waals surface area contributed by atoms with E-state index in [-0.39, 0.29) is 26.2 Å². The molecule has 20 heavy (non-hydrogen) atoms. The van der Waals surface area contributed by atoms with Crippen molar-refractivity contribution in [1.29, 1.82) is 0 Å². The van der Waals surface area contributed by atoms with E-state index < -0.39 is 14.9 Å². The van der Waals surface area contributed by atoms with Gasteiger partial charge in [0.1, 0.15) is 4.21 Å². The summed E-state index contributed by atoms with van der Waals surface area (Å²) in [6, 6.07) is 0.792. The summed E-state index contributed by atoms with van der Waals surface area (Å²) < 4.78 is 26.2. The van der Waals surface area contributed by atoms with Gasteiger partial charge in [0.15, 0.2) is 4.34 Å². The first kappa shape index (κ1) is 17.4. The van der Waals surface area contributed by atoms with Gasteiger partial charge in [-0.05, 0) is 19.8 Å². The summed E-state index contributed by atoms with van der Waals surface area (Å²) in [5.41, 5.74) is -0.372. The monoisotopic (exact) mass is 340 g/mol. The maximum atomic E-state index is 12.6. The van der Waals surface area contributed by atoms with Gasteiger partial charge in [-0.3, -0.25) is 10.1 Å². The fraction of sp³-hybridized carbons (Fsp3) is 0.636. The van der Waals surface area contributed by atoms with Crippen molar-refractivity contribution in [3.63, 3.8) is 0 Å². The van der Waals surface area contributed by atoms with E-state index in [2.05, 4.69) is 0 Å². The highest BCUT2D eigenvalue weighted by Crippen LogP contribution is 2.37. The van der Waals surface area contributed by atoms with Gasteiger partial charge in [-0.15, -0.1) is 11.3 Å². The maximum absolute atomic E-state index is 12.6. The molecule has 0 spiro atoms. The van der Waals surface area contributed by atoms with Crippen LogP contribution in [0, 0.1) is 16.0 Å². The summed E-state index contributed by atoms with van der Waals surface area (Å²) in [6.45, 7) is 7.71. The highest BCUT2D eigenvalue weighted by atomic mass is 35.5. The molecule has 0 aliphatic carbocycles. The minimum Gasteiger partial charge on any atom is -0.258 e. The zero-order chi connectivity index (χ0) is 15.7. The predicted octanol–water partition coefficient (Wildman–Crippen LogP) is 3.36. The van der Waals surface area contributed by atoms with E-state index in [1.165, 1.54) is 4.31 Å². The Balaban J connectivity index is 3.26. The topological polar surface area (TPSA) is 80.5 Å². The summed E-state index contributed by atoms with van der Waals surface area (Å²) in [5, 5.41) is 10.8. The van der Waals surface area contributed by atoms with Crippen LogP contribution in [0.2, 0.25) is 4.34 Å². The van der Waals surface area contributed by atoms with Gasteiger partial charge in [0, 0.05) is 18.7 Å². The minimum absolute atomic E-state index is 0.0939. The Morgan fingerprint density at radius 3 is 2.30 bits per heavy atom. The van der Waals surface area contributed by atoms with Crippen LogP contribution < -0.4 is 0 Å². The first-order valence-corrected chi connectivity index (χ1v) is 8.66. The molecule has 1 aromatic rings. The van der Waals surface area contributed by atoms with Crippen LogP contribution in [0.4, 0.5) is 5.69 Å². The van der Waals surface area contributed by atoms with Crippen LogP contribution in [-0.2, 0) is 10.0 Å². The van der Waals surface area contributed by atoms with E-state index in [1.54, 1.807) is 13.8 Å². The second-order valence-electron chi connectivity index (χ2n) is 5.04. The summed E-state index contributed by atoms with van der Waals surface area (Å²) in [4.78, 5) is 10.1. The highest BCUT2D eigenvalue weighted by Gasteiger charge is 2.32. The SMILES string of the molecule is CC(C)CN(C(C)C)S(=O)(=O)c1cc([N+](=O)[O-])c(Cl)s1. The average Bonchev–Trinajstić information content (AvgIpc) is 2.68. The second kappa shape index (κ2) is 6.38. The highest BCUT2D eigenvalue weighted by molar-refractivity contribution is 7.91. The Morgan fingerprint density at radius 2 is 1.95 bits per heavy atom. The number of hydrogen-bond acceptors (Lipinski definition) is 5. The molecule has 0 atom stereocenters. The van der Waals surface area contributed by atoms with Crippen molar-refractivity contribution in [2.75, 3.05) is 6.54 Å². The summed E-state index contributed by atoms with van der Waals surface area (Å²) >= 11 is 6.45. The van der Waals surface area contributed by atoms with Crippen LogP contribution in [0.1, 0.15) is 27.7 Å². The first-order chi connectivity index (χ1) is 9.07. The molecular weight excluding hydrogens is 324 g/mol. The van der Waals surface area contributed by atoms with Gasteiger partial charge in [0.2, 0.25) is 0 Å². The molecule has 0 N–H and O–H groups in total. The van der Waals surface area contributed by atoms with Crippen molar-refractivity contribution in [1.82, 2.24) is 4.31 Å². The lowest BCUT2D eigenvalue weighted by molar-refractivity contribution is -0.384. The first-order valence-electron chi connectivity index (χ1n) is 6.03. The Labute approximate surface area is 127 Å². The summed E-state index contributed by atoms with van der Waals surface area (Å²) in [7, 11) is -3.77. The molecular formula is C11H17ClN2O4S2. The van der Waals surface area contributed by atoms with Gasteiger partial charge in [0.25, 0.3) is 15.7 Å². The predicted molar refractivity (Wildman–Crippen MR) is 79.8 cm³/mol. The lowest BCUT2D eigenvalue weighted by atomic mass is 10.2. The number of nitro groups is 1. The molecule has 0 saturated carbocycles. The average molecular weight is 341 g/mol.